The van der Waals surface area contributed by atoms with Crippen molar-refractivity contribution in [1.29, 1.82) is 0 Å². The Kier molecular flexibility index (Phi) is 5.77. The summed E-state index contributed by atoms with van der Waals surface area (Å²) in [4.78, 5) is 63.7. The average molecular weight is 481 g/mol. The van der Waals surface area contributed by atoms with Gasteiger partial charge in [-0.25, -0.2) is 0 Å². The van der Waals surface area contributed by atoms with Crippen molar-refractivity contribution < 1.29 is 33.4 Å². The van der Waals surface area contributed by atoms with Crippen molar-refractivity contribution in [3.05, 3.63) is 100 Å². The Morgan fingerprint density at radius 3 is 1.89 bits per heavy atom. The van der Waals surface area contributed by atoms with E-state index >= 15 is 0 Å². The second-order valence-electron chi connectivity index (χ2n) is 8.20. The second kappa shape index (κ2) is 9.07. The Balaban J connectivity index is 1.27. The minimum absolute atomic E-state index is 0.0453. The number of Topliss-reactive ketones (excluding diaryl/α,β-unsaturated/α-hetero) is 2. The maximum absolute atomic E-state index is 12.6. The Morgan fingerprint density at radius 1 is 0.778 bits per heavy atom. The third-order valence-corrected chi connectivity index (χ3v) is 6.05. The summed E-state index contributed by atoms with van der Waals surface area (Å²) < 4.78 is 10.7. The van der Waals surface area contributed by atoms with Crippen LogP contribution in [0.4, 0.5) is 0 Å². The molecule has 3 aromatic carbocycles. The van der Waals surface area contributed by atoms with E-state index in [1.165, 1.54) is 19.3 Å². The number of imide groups is 1. The maximum Gasteiger partial charge on any atom is 0.313 e. The summed E-state index contributed by atoms with van der Waals surface area (Å²) in [6.07, 6.45) is 1.27. The molecule has 0 N–H and O–H groups in total. The third-order valence-electron chi connectivity index (χ3n) is 6.05. The number of fused-ring (bicyclic) bond motifs is 2. The van der Waals surface area contributed by atoms with Gasteiger partial charge in [-0.1, -0.05) is 42.5 Å². The topological polar surface area (TPSA) is 107 Å². The first-order valence-electron chi connectivity index (χ1n) is 11.1. The number of carbonyl (C=O) groups is 5. The first-order valence-corrected chi connectivity index (χ1v) is 11.1. The van der Waals surface area contributed by atoms with Crippen molar-refractivity contribution in [2.24, 2.45) is 0 Å². The highest BCUT2D eigenvalue weighted by atomic mass is 16.6. The molecule has 3 aromatic rings. The van der Waals surface area contributed by atoms with Crippen LogP contribution in [0.25, 0.3) is 6.08 Å². The van der Waals surface area contributed by atoms with Gasteiger partial charge in [0.05, 0.1) is 30.2 Å². The molecule has 1 aliphatic heterocycles. The summed E-state index contributed by atoms with van der Waals surface area (Å²) in [6.45, 7) is -0.123. The van der Waals surface area contributed by atoms with Crippen LogP contribution in [0.2, 0.25) is 0 Å². The third kappa shape index (κ3) is 3.88. The van der Waals surface area contributed by atoms with Gasteiger partial charge in [0.15, 0.2) is 23.1 Å². The van der Waals surface area contributed by atoms with Gasteiger partial charge in [-0.2, -0.15) is 0 Å². The molecule has 8 heteroatoms. The van der Waals surface area contributed by atoms with Gasteiger partial charge in [0.1, 0.15) is 0 Å². The summed E-state index contributed by atoms with van der Waals surface area (Å²) in [5.41, 5.74) is 1.91. The van der Waals surface area contributed by atoms with Gasteiger partial charge >= 0.3 is 5.97 Å². The number of nitrogens with zero attached hydrogens (tertiary/aromatic N) is 1. The van der Waals surface area contributed by atoms with E-state index in [-0.39, 0.29) is 41.6 Å². The number of benzene rings is 3. The molecule has 0 saturated carbocycles. The van der Waals surface area contributed by atoms with E-state index in [0.717, 1.165) is 4.90 Å². The molecule has 1 aliphatic carbocycles. The van der Waals surface area contributed by atoms with Crippen LogP contribution in [0, 0.1) is 0 Å². The Hall–Kier alpha value is -4.85. The van der Waals surface area contributed by atoms with Crippen molar-refractivity contribution in [3.8, 4) is 11.5 Å². The zero-order valence-electron chi connectivity index (χ0n) is 19.1. The minimum Gasteiger partial charge on any atom is -0.493 e. The molecule has 0 bridgehead atoms. The van der Waals surface area contributed by atoms with Crippen LogP contribution in [-0.2, 0) is 4.79 Å². The minimum atomic E-state index is -0.660. The van der Waals surface area contributed by atoms with Crippen molar-refractivity contribution in [3.63, 3.8) is 0 Å². The number of ketones is 2. The number of carbonyl (C=O) groups excluding carboxylic acids is 5. The molecular formula is C28H19NO7. The Bertz CT molecular complexity index is 1430. The summed E-state index contributed by atoms with van der Waals surface area (Å²) in [6, 6.07) is 17.7. The molecule has 8 nitrogen and oxygen atoms in total. The van der Waals surface area contributed by atoms with Crippen molar-refractivity contribution >= 4 is 35.4 Å². The molecule has 36 heavy (non-hydrogen) atoms. The van der Waals surface area contributed by atoms with Crippen molar-refractivity contribution in [2.45, 2.75) is 6.42 Å². The summed E-state index contributed by atoms with van der Waals surface area (Å²) >= 11 is 0. The van der Waals surface area contributed by atoms with Crippen LogP contribution >= 0.6 is 0 Å². The summed E-state index contributed by atoms with van der Waals surface area (Å²) in [5, 5.41) is 0. The predicted molar refractivity (Wildman–Crippen MR) is 128 cm³/mol. The van der Waals surface area contributed by atoms with Crippen LogP contribution < -0.4 is 9.47 Å². The zero-order chi connectivity index (χ0) is 25.4. The molecule has 178 valence electrons. The van der Waals surface area contributed by atoms with Gasteiger partial charge in [0.25, 0.3) is 11.8 Å². The highest BCUT2D eigenvalue weighted by Crippen LogP contribution is 2.32. The smallest absolute Gasteiger partial charge is 0.313 e. The van der Waals surface area contributed by atoms with Crippen LogP contribution in [0.3, 0.4) is 0 Å². The molecule has 1 heterocycles. The van der Waals surface area contributed by atoms with Gasteiger partial charge in [-0.15, -0.1) is 0 Å². The monoisotopic (exact) mass is 481 g/mol. The second-order valence-corrected chi connectivity index (χ2v) is 8.20. The van der Waals surface area contributed by atoms with Gasteiger partial charge in [0.2, 0.25) is 0 Å². The standard InChI is InChI=1S/C28H19NO7/c1-35-23-15-16(14-21-25(31)17-6-2-3-7-18(17)26(21)32)10-11-22(23)36-24(30)12-13-29-27(33)19-8-4-5-9-20(19)28(29)34/h2-11,14-15H,12-13H2,1H3. The first kappa shape index (κ1) is 22.9. The lowest BCUT2D eigenvalue weighted by Crippen LogP contribution is -2.32. The van der Waals surface area contributed by atoms with Crippen molar-refractivity contribution in [1.82, 2.24) is 4.90 Å². The van der Waals surface area contributed by atoms with E-state index < -0.39 is 17.8 Å². The number of allylic oxidation sites excluding steroid dienone is 1. The molecule has 2 amide bonds. The lowest BCUT2D eigenvalue weighted by atomic mass is 10.1. The van der Waals surface area contributed by atoms with E-state index in [4.69, 9.17) is 9.47 Å². The molecule has 0 atom stereocenters. The largest absolute Gasteiger partial charge is 0.493 e. The molecule has 0 spiro atoms. The van der Waals surface area contributed by atoms with Gasteiger partial charge in [-0.05, 0) is 35.9 Å². The molecule has 0 radical (unpaired) electrons. The fraction of sp³-hybridized carbons (Fsp3) is 0.107. The maximum atomic E-state index is 12.6. The van der Waals surface area contributed by atoms with E-state index in [9.17, 15) is 24.0 Å². The molecule has 0 saturated heterocycles. The number of hydrogen-bond donors (Lipinski definition) is 0. The number of ether oxygens (including phenoxy) is 2. The summed E-state index contributed by atoms with van der Waals surface area (Å²) in [7, 11) is 1.39. The number of rotatable bonds is 6. The zero-order valence-corrected chi connectivity index (χ0v) is 19.1. The molecule has 5 rings (SSSR count). The normalized spacial score (nSPS) is 14.1. The fourth-order valence-electron chi connectivity index (χ4n) is 4.25. The number of esters is 1. The SMILES string of the molecule is COc1cc(C=C2C(=O)c3ccccc3C2=O)ccc1OC(=O)CCN1C(=O)c2ccccc2C1=O. The van der Waals surface area contributed by atoms with E-state index in [1.807, 2.05) is 0 Å². The highest BCUT2D eigenvalue weighted by Gasteiger charge is 2.35. The Labute approximate surface area is 205 Å². The van der Waals surface area contributed by atoms with Crippen molar-refractivity contribution in [2.75, 3.05) is 13.7 Å². The molecule has 0 fully saturated rings. The molecular weight excluding hydrogens is 462 g/mol. The van der Waals surface area contributed by atoms with Gasteiger partial charge < -0.3 is 9.47 Å². The number of amides is 2. The average Bonchev–Trinajstić information content (AvgIpc) is 3.28. The molecule has 0 aromatic heterocycles. The summed E-state index contributed by atoms with van der Waals surface area (Å²) in [5.74, 6) is -1.91. The van der Waals surface area contributed by atoms with Crippen LogP contribution in [-0.4, -0.2) is 47.9 Å². The van der Waals surface area contributed by atoms with Gasteiger partial charge in [-0.3, -0.25) is 28.9 Å². The number of hydrogen-bond acceptors (Lipinski definition) is 7. The number of methoxy groups -OCH3 is 1. The lowest BCUT2D eigenvalue weighted by Gasteiger charge is -2.14. The van der Waals surface area contributed by atoms with E-state index in [0.29, 0.717) is 27.8 Å². The van der Waals surface area contributed by atoms with Gasteiger partial charge in [0, 0.05) is 17.7 Å². The fourth-order valence-corrected chi connectivity index (χ4v) is 4.25. The lowest BCUT2D eigenvalue weighted by molar-refractivity contribution is -0.134. The van der Waals surface area contributed by atoms with E-state index in [2.05, 4.69) is 0 Å². The predicted octanol–water partition coefficient (Wildman–Crippen LogP) is 3.75. The first-order chi connectivity index (χ1) is 17.4. The Morgan fingerprint density at radius 2 is 1.33 bits per heavy atom. The quantitative estimate of drug-likeness (QED) is 0.174. The van der Waals surface area contributed by atoms with Crippen LogP contribution in [0.15, 0.2) is 72.3 Å². The van der Waals surface area contributed by atoms with Crippen LogP contribution in [0.5, 0.6) is 11.5 Å². The van der Waals surface area contributed by atoms with E-state index in [1.54, 1.807) is 60.7 Å². The highest BCUT2D eigenvalue weighted by molar-refractivity contribution is 6.41. The molecule has 0 unspecified atom stereocenters. The molecule has 2 aliphatic rings. The van der Waals surface area contributed by atoms with Crippen LogP contribution in [0.1, 0.15) is 53.4 Å².